The van der Waals surface area contributed by atoms with Crippen LogP contribution in [0.15, 0.2) is 30.3 Å². The number of esters is 1. The van der Waals surface area contributed by atoms with E-state index in [9.17, 15) is 4.79 Å². The second kappa shape index (κ2) is 5.51. The van der Waals surface area contributed by atoms with Gasteiger partial charge in [-0.3, -0.25) is 4.79 Å². The summed E-state index contributed by atoms with van der Waals surface area (Å²) in [4.78, 5) is 12.1. The Morgan fingerprint density at radius 1 is 1.41 bits per heavy atom. The minimum atomic E-state index is -0.263. The van der Waals surface area contributed by atoms with E-state index in [1.807, 2.05) is 18.2 Å². The number of rotatable bonds is 2. The standard InChI is InChI=1S/C14H12O2S/c1-2-16-14(15)9-5-7-12-10-11-6-3-4-8-13(11)17-12/h3-4,6,8,10H,2,9H2,1H3. The van der Waals surface area contributed by atoms with Gasteiger partial charge in [-0.15, -0.1) is 11.3 Å². The summed E-state index contributed by atoms with van der Waals surface area (Å²) in [6.45, 7) is 2.20. The van der Waals surface area contributed by atoms with E-state index in [1.165, 1.54) is 10.1 Å². The van der Waals surface area contributed by atoms with Crippen molar-refractivity contribution in [3.05, 3.63) is 35.2 Å². The summed E-state index contributed by atoms with van der Waals surface area (Å²) in [6.07, 6.45) is 0.155. The molecule has 0 saturated carbocycles. The van der Waals surface area contributed by atoms with Crippen molar-refractivity contribution in [3.8, 4) is 11.8 Å². The molecule has 0 amide bonds. The highest BCUT2D eigenvalue weighted by Gasteiger charge is 1.99. The van der Waals surface area contributed by atoms with Crippen molar-refractivity contribution in [1.29, 1.82) is 0 Å². The fourth-order valence-corrected chi connectivity index (χ4v) is 2.40. The first-order valence-corrected chi connectivity index (χ1v) is 6.24. The van der Waals surface area contributed by atoms with Gasteiger partial charge in [0.15, 0.2) is 0 Å². The maximum Gasteiger partial charge on any atom is 0.317 e. The molecule has 0 unspecified atom stereocenters. The number of fused-ring (bicyclic) bond motifs is 1. The lowest BCUT2D eigenvalue weighted by atomic mass is 10.2. The summed E-state index contributed by atoms with van der Waals surface area (Å²) in [5.74, 6) is 5.56. The minimum Gasteiger partial charge on any atom is -0.465 e. The van der Waals surface area contributed by atoms with Crippen LogP contribution in [-0.2, 0) is 9.53 Å². The monoisotopic (exact) mass is 244 g/mol. The molecule has 0 N–H and O–H groups in total. The molecule has 0 aliphatic heterocycles. The lowest BCUT2D eigenvalue weighted by Crippen LogP contribution is -2.01. The van der Waals surface area contributed by atoms with Gasteiger partial charge < -0.3 is 4.74 Å². The van der Waals surface area contributed by atoms with E-state index in [1.54, 1.807) is 18.3 Å². The summed E-state index contributed by atoms with van der Waals surface area (Å²) in [5, 5.41) is 1.19. The van der Waals surface area contributed by atoms with Crippen molar-refractivity contribution < 1.29 is 9.53 Å². The molecule has 1 aromatic carbocycles. The van der Waals surface area contributed by atoms with E-state index < -0.39 is 0 Å². The molecule has 2 nitrogen and oxygen atoms in total. The zero-order valence-corrected chi connectivity index (χ0v) is 10.3. The molecule has 0 spiro atoms. The third-order valence-corrected chi connectivity index (χ3v) is 3.21. The van der Waals surface area contributed by atoms with Gasteiger partial charge in [0, 0.05) is 4.70 Å². The number of hydrogen-bond acceptors (Lipinski definition) is 3. The minimum absolute atomic E-state index is 0.155. The van der Waals surface area contributed by atoms with Gasteiger partial charge in [0.05, 0.1) is 11.5 Å². The fraction of sp³-hybridized carbons (Fsp3) is 0.214. The van der Waals surface area contributed by atoms with Crippen molar-refractivity contribution in [2.24, 2.45) is 0 Å². The Morgan fingerprint density at radius 2 is 2.24 bits per heavy atom. The van der Waals surface area contributed by atoms with Crippen LogP contribution in [0.3, 0.4) is 0 Å². The highest BCUT2D eigenvalue weighted by atomic mass is 32.1. The number of carbonyl (C=O) groups is 1. The first-order valence-electron chi connectivity index (χ1n) is 5.42. The Balaban J connectivity index is 2.08. The average molecular weight is 244 g/mol. The zero-order valence-electron chi connectivity index (χ0n) is 9.53. The largest absolute Gasteiger partial charge is 0.465 e. The Bertz CT molecular complexity index is 554. The SMILES string of the molecule is CCOC(=O)CC#Cc1cc2ccccc2s1. The highest BCUT2D eigenvalue weighted by molar-refractivity contribution is 7.19. The first kappa shape index (κ1) is 11.7. The number of hydrogen-bond donors (Lipinski definition) is 0. The smallest absolute Gasteiger partial charge is 0.317 e. The summed E-state index contributed by atoms with van der Waals surface area (Å²) in [6, 6.07) is 10.2. The quantitative estimate of drug-likeness (QED) is 0.599. The van der Waals surface area contributed by atoms with Crippen LogP contribution in [0.4, 0.5) is 0 Å². The van der Waals surface area contributed by atoms with Crippen molar-refractivity contribution in [2.75, 3.05) is 6.61 Å². The van der Waals surface area contributed by atoms with Gasteiger partial charge in [-0.1, -0.05) is 30.0 Å². The predicted octanol–water partition coefficient (Wildman–Crippen LogP) is 3.21. The Kier molecular flexibility index (Phi) is 3.79. The molecule has 0 aliphatic rings. The predicted molar refractivity (Wildman–Crippen MR) is 70.0 cm³/mol. The van der Waals surface area contributed by atoms with E-state index in [2.05, 4.69) is 24.0 Å². The second-order valence-electron chi connectivity index (χ2n) is 3.43. The fourth-order valence-electron chi connectivity index (χ4n) is 1.46. The van der Waals surface area contributed by atoms with Crippen molar-refractivity contribution in [1.82, 2.24) is 0 Å². The molecular formula is C14H12O2S. The lowest BCUT2D eigenvalue weighted by molar-refractivity contribution is -0.141. The number of carbonyl (C=O) groups excluding carboxylic acids is 1. The Labute approximate surface area is 104 Å². The molecule has 17 heavy (non-hydrogen) atoms. The van der Waals surface area contributed by atoms with Crippen LogP contribution in [0.5, 0.6) is 0 Å². The van der Waals surface area contributed by atoms with Crippen LogP contribution in [0, 0.1) is 11.8 Å². The molecule has 0 fully saturated rings. The van der Waals surface area contributed by atoms with Gasteiger partial charge in [0.25, 0.3) is 0 Å². The topological polar surface area (TPSA) is 26.3 Å². The molecule has 1 heterocycles. The normalized spacial score (nSPS) is 9.71. The number of ether oxygens (including phenoxy) is 1. The van der Waals surface area contributed by atoms with Gasteiger partial charge in [0.2, 0.25) is 0 Å². The molecule has 0 saturated heterocycles. The Hall–Kier alpha value is -1.79. The maximum absolute atomic E-state index is 11.1. The van der Waals surface area contributed by atoms with Crippen molar-refractivity contribution in [2.45, 2.75) is 13.3 Å². The van der Waals surface area contributed by atoms with Crippen LogP contribution < -0.4 is 0 Å². The second-order valence-corrected chi connectivity index (χ2v) is 4.52. The van der Waals surface area contributed by atoms with E-state index in [0.717, 1.165) is 4.88 Å². The summed E-state index contributed by atoms with van der Waals surface area (Å²) in [5.41, 5.74) is 0. The average Bonchev–Trinajstić information content (AvgIpc) is 2.71. The molecule has 0 atom stereocenters. The third kappa shape index (κ3) is 3.08. The molecule has 3 heteroatoms. The first-order chi connectivity index (χ1) is 8.29. The van der Waals surface area contributed by atoms with Crippen LogP contribution in [-0.4, -0.2) is 12.6 Å². The van der Waals surface area contributed by atoms with Gasteiger partial charge in [-0.05, 0) is 24.4 Å². The highest BCUT2D eigenvalue weighted by Crippen LogP contribution is 2.24. The molecule has 0 aliphatic carbocycles. The molecular weight excluding hydrogens is 232 g/mol. The van der Waals surface area contributed by atoms with Gasteiger partial charge in [0.1, 0.15) is 6.42 Å². The summed E-state index contributed by atoms with van der Waals surface area (Å²) >= 11 is 1.64. The Morgan fingerprint density at radius 3 is 3.00 bits per heavy atom. The molecule has 2 aromatic rings. The number of thiophene rings is 1. The van der Waals surface area contributed by atoms with Crippen LogP contribution in [0.2, 0.25) is 0 Å². The van der Waals surface area contributed by atoms with Gasteiger partial charge in [-0.25, -0.2) is 0 Å². The lowest BCUT2D eigenvalue weighted by Gasteiger charge is -1.94. The molecule has 0 radical (unpaired) electrons. The van der Waals surface area contributed by atoms with Crippen LogP contribution >= 0.6 is 11.3 Å². The zero-order chi connectivity index (χ0) is 12.1. The van der Waals surface area contributed by atoms with Crippen LogP contribution in [0.25, 0.3) is 10.1 Å². The van der Waals surface area contributed by atoms with Crippen molar-refractivity contribution >= 4 is 27.4 Å². The molecule has 0 bridgehead atoms. The molecule has 86 valence electrons. The summed E-state index contributed by atoms with van der Waals surface area (Å²) < 4.78 is 6.02. The third-order valence-electron chi connectivity index (χ3n) is 2.18. The molecule has 2 rings (SSSR count). The van der Waals surface area contributed by atoms with Crippen LogP contribution in [0.1, 0.15) is 18.2 Å². The van der Waals surface area contributed by atoms with E-state index in [-0.39, 0.29) is 12.4 Å². The van der Waals surface area contributed by atoms with E-state index in [0.29, 0.717) is 6.61 Å². The maximum atomic E-state index is 11.1. The molecule has 1 aromatic heterocycles. The van der Waals surface area contributed by atoms with E-state index >= 15 is 0 Å². The number of benzene rings is 1. The van der Waals surface area contributed by atoms with E-state index in [4.69, 9.17) is 4.74 Å². The van der Waals surface area contributed by atoms with Gasteiger partial charge >= 0.3 is 5.97 Å². The van der Waals surface area contributed by atoms with Gasteiger partial charge in [-0.2, -0.15) is 0 Å². The summed E-state index contributed by atoms with van der Waals surface area (Å²) in [7, 11) is 0. The van der Waals surface area contributed by atoms with Crippen molar-refractivity contribution in [3.63, 3.8) is 0 Å².